The second kappa shape index (κ2) is 7.89. The van der Waals surface area contributed by atoms with Crippen LogP contribution in [0.3, 0.4) is 0 Å². The van der Waals surface area contributed by atoms with Gasteiger partial charge in [0.1, 0.15) is 5.69 Å². The van der Waals surface area contributed by atoms with E-state index in [0.29, 0.717) is 11.5 Å². The van der Waals surface area contributed by atoms with E-state index in [1.54, 1.807) is 18.3 Å². The second-order valence-corrected chi connectivity index (χ2v) is 6.42. The minimum Gasteiger partial charge on any atom is -0.354 e. The lowest BCUT2D eigenvalue weighted by molar-refractivity contribution is 0.678. The summed E-state index contributed by atoms with van der Waals surface area (Å²) in [4.78, 5) is 17.3. The van der Waals surface area contributed by atoms with Gasteiger partial charge in [0.25, 0.3) is 0 Å². The first-order chi connectivity index (χ1) is 11.8. The molecule has 5 heteroatoms. The molecule has 24 heavy (non-hydrogen) atoms. The van der Waals surface area contributed by atoms with Crippen molar-refractivity contribution in [2.24, 2.45) is 5.18 Å². The SMILES string of the molecule is O=Nc1cccnc1N1CCC(=CC#Cc2cccc(Br)c2)CC1. The van der Waals surface area contributed by atoms with Gasteiger partial charge in [-0.15, -0.1) is 4.91 Å². The normalized spacial score (nSPS) is 13.9. The van der Waals surface area contributed by atoms with Crippen LogP contribution in [0, 0.1) is 16.7 Å². The largest absolute Gasteiger partial charge is 0.354 e. The number of aromatic nitrogens is 1. The lowest BCUT2D eigenvalue weighted by Crippen LogP contribution is -2.31. The Kier molecular flexibility index (Phi) is 5.39. The molecule has 0 unspecified atom stereocenters. The number of hydrogen-bond acceptors (Lipinski definition) is 4. The Morgan fingerprint density at radius 2 is 2.04 bits per heavy atom. The summed E-state index contributed by atoms with van der Waals surface area (Å²) < 4.78 is 1.03. The van der Waals surface area contributed by atoms with Crippen LogP contribution < -0.4 is 4.90 Å². The first kappa shape index (κ1) is 16.4. The number of benzene rings is 1. The maximum absolute atomic E-state index is 10.9. The third-order valence-corrected chi connectivity index (χ3v) is 4.38. The van der Waals surface area contributed by atoms with Gasteiger partial charge in [-0.05, 0) is 54.4 Å². The average Bonchev–Trinajstić information content (AvgIpc) is 2.62. The lowest BCUT2D eigenvalue weighted by Gasteiger charge is -2.29. The van der Waals surface area contributed by atoms with Crippen LogP contribution in [0.25, 0.3) is 0 Å². The van der Waals surface area contributed by atoms with Crippen LogP contribution in [-0.2, 0) is 0 Å². The van der Waals surface area contributed by atoms with Crippen molar-refractivity contribution in [3.8, 4) is 11.8 Å². The zero-order chi connectivity index (χ0) is 16.8. The Balaban J connectivity index is 1.64. The molecule has 2 heterocycles. The van der Waals surface area contributed by atoms with Crippen LogP contribution in [0.1, 0.15) is 18.4 Å². The smallest absolute Gasteiger partial charge is 0.158 e. The van der Waals surface area contributed by atoms with Crippen LogP contribution in [0.15, 0.2) is 63.9 Å². The highest BCUT2D eigenvalue weighted by Crippen LogP contribution is 2.28. The molecule has 0 amide bonds. The Hall–Kier alpha value is -2.45. The number of rotatable bonds is 2. The molecule has 1 fully saturated rings. The number of halogens is 1. The zero-order valence-corrected chi connectivity index (χ0v) is 14.7. The number of anilines is 1. The molecule has 1 aromatic carbocycles. The van der Waals surface area contributed by atoms with Crippen molar-refractivity contribution in [2.45, 2.75) is 12.8 Å². The molecular weight excluding hydrogens is 366 g/mol. The van der Waals surface area contributed by atoms with Crippen molar-refractivity contribution in [2.75, 3.05) is 18.0 Å². The maximum Gasteiger partial charge on any atom is 0.158 e. The highest BCUT2D eigenvalue weighted by Gasteiger charge is 2.18. The predicted octanol–water partition coefficient (Wildman–Crippen LogP) is 4.82. The highest BCUT2D eigenvalue weighted by atomic mass is 79.9. The van der Waals surface area contributed by atoms with Crippen molar-refractivity contribution in [1.82, 2.24) is 4.98 Å². The maximum atomic E-state index is 10.9. The topological polar surface area (TPSA) is 45.6 Å². The van der Waals surface area contributed by atoms with E-state index < -0.39 is 0 Å². The summed E-state index contributed by atoms with van der Waals surface area (Å²) in [6.45, 7) is 1.65. The van der Waals surface area contributed by atoms with E-state index in [-0.39, 0.29) is 0 Å². The molecule has 0 aliphatic carbocycles. The van der Waals surface area contributed by atoms with Crippen molar-refractivity contribution in [3.05, 3.63) is 69.2 Å². The summed E-state index contributed by atoms with van der Waals surface area (Å²) in [7, 11) is 0. The highest BCUT2D eigenvalue weighted by molar-refractivity contribution is 9.10. The van der Waals surface area contributed by atoms with Gasteiger partial charge in [-0.3, -0.25) is 0 Å². The number of hydrogen-bond donors (Lipinski definition) is 0. The predicted molar refractivity (Wildman–Crippen MR) is 100 cm³/mol. The fourth-order valence-electron chi connectivity index (χ4n) is 2.64. The van der Waals surface area contributed by atoms with Gasteiger partial charge in [0.2, 0.25) is 0 Å². The van der Waals surface area contributed by atoms with Crippen molar-refractivity contribution < 1.29 is 0 Å². The molecule has 120 valence electrons. The fraction of sp³-hybridized carbons (Fsp3) is 0.211. The monoisotopic (exact) mass is 381 g/mol. The number of nitrogens with zero attached hydrogens (tertiary/aromatic N) is 3. The molecular formula is C19H16BrN3O. The van der Waals surface area contributed by atoms with E-state index in [4.69, 9.17) is 0 Å². The first-order valence-corrected chi connectivity index (χ1v) is 8.54. The van der Waals surface area contributed by atoms with E-state index in [0.717, 1.165) is 36.0 Å². The summed E-state index contributed by atoms with van der Waals surface area (Å²) in [6.07, 6.45) is 5.54. The molecule has 1 aliphatic heterocycles. The molecule has 0 N–H and O–H groups in total. The Morgan fingerprint density at radius 3 is 2.79 bits per heavy atom. The molecule has 4 nitrogen and oxygen atoms in total. The van der Waals surface area contributed by atoms with Crippen LogP contribution >= 0.6 is 15.9 Å². The van der Waals surface area contributed by atoms with E-state index in [9.17, 15) is 4.91 Å². The molecule has 2 aromatic rings. The third kappa shape index (κ3) is 4.09. The van der Waals surface area contributed by atoms with Gasteiger partial charge in [-0.2, -0.15) is 0 Å². The van der Waals surface area contributed by atoms with E-state index in [2.05, 4.69) is 42.8 Å². The number of allylic oxidation sites excluding steroid dienone is 1. The Bertz CT molecular complexity index is 826. The number of nitroso groups, excluding NO2 is 1. The number of piperidine rings is 1. The third-order valence-electron chi connectivity index (χ3n) is 3.89. The van der Waals surface area contributed by atoms with Gasteiger partial charge in [0.05, 0.1) is 0 Å². The molecule has 1 aromatic heterocycles. The molecule has 1 aliphatic rings. The van der Waals surface area contributed by atoms with Crippen molar-refractivity contribution >= 4 is 27.4 Å². The molecule has 0 spiro atoms. The Morgan fingerprint density at radius 1 is 1.21 bits per heavy atom. The van der Waals surface area contributed by atoms with Crippen LogP contribution in [0.4, 0.5) is 11.5 Å². The molecule has 1 saturated heterocycles. The van der Waals surface area contributed by atoms with E-state index in [1.165, 1.54) is 5.57 Å². The van der Waals surface area contributed by atoms with Crippen LogP contribution in [0.2, 0.25) is 0 Å². The quantitative estimate of drug-likeness (QED) is 0.553. The lowest BCUT2D eigenvalue weighted by atomic mass is 10.0. The molecule has 3 rings (SSSR count). The standard InChI is InChI=1S/C19H16BrN3O/c20-17-7-2-6-16(14-17)5-1-4-15-9-12-23(13-10-15)19-18(22-24)8-3-11-21-19/h2-4,6-8,11,14H,9-10,12-13H2. The summed E-state index contributed by atoms with van der Waals surface area (Å²) in [5.74, 6) is 6.97. The summed E-state index contributed by atoms with van der Waals surface area (Å²) in [5.41, 5.74) is 2.72. The minimum atomic E-state index is 0.402. The summed E-state index contributed by atoms with van der Waals surface area (Å²) in [6, 6.07) is 11.4. The molecule has 0 bridgehead atoms. The molecule has 0 saturated carbocycles. The molecule has 0 atom stereocenters. The van der Waals surface area contributed by atoms with E-state index in [1.807, 2.05) is 30.3 Å². The minimum absolute atomic E-state index is 0.402. The Labute approximate surface area is 149 Å². The summed E-state index contributed by atoms with van der Waals surface area (Å²) >= 11 is 3.45. The van der Waals surface area contributed by atoms with Crippen LogP contribution in [-0.4, -0.2) is 18.1 Å². The number of pyridine rings is 1. The summed E-state index contributed by atoms with van der Waals surface area (Å²) in [5, 5.41) is 3.06. The average molecular weight is 382 g/mol. The second-order valence-electron chi connectivity index (χ2n) is 5.51. The fourth-order valence-corrected chi connectivity index (χ4v) is 3.04. The molecule has 0 radical (unpaired) electrons. The van der Waals surface area contributed by atoms with Crippen molar-refractivity contribution in [1.29, 1.82) is 0 Å². The van der Waals surface area contributed by atoms with Gasteiger partial charge in [0, 0.05) is 29.3 Å². The van der Waals surface area contributed by atoms with Gasteiger partial charge in [-0.25, -0.2) is 4.98 Å². The van der Waals surface area contributed by atoms with Crippen molar-refractivity contribution in [3.63, 3.8) is 0 Å². The van der Waals surface area contributed by atoms with E-state index >= 15 is 0 Å². The van der Waals surface area contributed by atoms with Gasteiger partial charge >= 0.3 is 0 Å². The zero-order valence-electron chi connectivity index (χ0n) is 13.1. The van der Waals surface area contributed by atoms with Crippen LogP contribution in [0.5, 0.6) is 0 Å². The van der Waals surface area contributed by atoms with Gasteiger partial charge in [-0.1, -0.05) is 39.4 Å². The van der Waals surface area contributed by atoms with Gasteiger partial charge in [0.15, 0.2) is 5.82 Å². The van der Waals surface area contributed by atoms with Gasteiger partial charge < -0.3 is 4.90 Å². The first-order valence-electron chi connectivity index (χ1n) is 7.74.